The third-order valence-corrected chi connectivity index (χ3v) is 3.56. The first-order chi connectivity index (χ1) is 5.81. The van der Waals surface area contributed by atoms with Crippen LogP contribution in [0.2, 0.25) is 0 Å². The van der Waals surface area contributed by atoms with Crippen LogP contribution < -0.4 is 5.32 Å². The summed E-state index contributed by atoms with van der Waals surface area (Å²) in [5, 5.41) is 3.41. The summed E-state index contributed by atoms with van der Waals surface area (Å²) in [6.07, 6.45) is 5.74. The summed E-state index contributed by atoms with van der Waals surface area (Å²) in [4.78, 5) is 2.69. The van der Waals surface area contributed by atoms with Gasteiger partial charge in [0, 0.05) is 31.7 Å². The molecule has 1 heterocycles. The number of piperazine rings is 1. The van der Waals surface area contributed by atoms with E-state index < -0.39 is 0 Å². The minimum absolute atomic E-state index is 0.558. The van der Waals surface area contributed by atoms with Gasteiger partial charge in [-0.2, -0.15) is 0 Å². The fourth-order valence-corrected chi connectivity index (χ4v) is 2.66. The summed E-state index contributed by atoms with van der Waals surface area (Å²) in [5.74, 6) is 0. The zero-order valence-corrected chi connectivity index (χ0v) is 8.10. The van der Waals surface area contributed by atoms with Crippen molar-refractivity contribution in [2.45, 2.75) is 38.1 Å². The van der Waals surface area contributed by atoms with E-state index in [-0.39, 0.29) is 0 Å². The molecule has 0 aromatic carbocycles. The molecular formula is C10H20N2. The normalized spacial score (nSPS) is 30.8. The molecule has 0 unspecified atom stereocenters. The van der Waals surface area contributed by atoms with Gasteiger partial charge in [-0.3, -0.25) is 4.90 Å². The summed E-state index contributed by atoms with van der Waals surface area (Å²) in [6.45, 7) is 7.35. The second-order valence-electron chi connectivity index (χ2n) is 4.44. The van der Waals surface area contributed by atoms with Crippen molar-refractivity contribution in [1.82, 2.24) is 10.2 Å². The highest BCUT2D eigenvalue weighted by molar-refractivity contribution is 4.92. The van der Waals surface area contributed by atoms with Gasteiger partial charge in [-0.05, 0) is 19.8 Å². The molecular weight excluding hydrogens is 148 g/mol. The van der Waals surface area contributed by atoms with Crippen molar-refractivity contribution in [2.75, 3.05) is 26.2 Å². The molecule has 0 radical (unpaired) electrons. The molecule has 2 rings (SSSR count). The molecule has 1 saturated carbocycles. The van der Waals surface area contributed by atoms with Crippen LogP contribution in [-0.4, -0.2) is 36.6 Å². The highest BCUT2D eigenvalue weighted by atomic mass is 15.2. The topological polar surface area (TPSA) is 15.3 Å². The zero-order valence-electron chi connectivity index (χ0n) is 8.10. The van der Waals surface area contributed by atoms with E-state index in [2.05, 4.69) is 17.1 Å². The van der Waals surface area contributed by atoms with Gasteiger partial charge in [0.05, 0.1) is 0 Å². The molecule has 2 aliphatic rings. The largest absolute Gasteiger partial charge is 0.314 e. The monoisotopic (exact) mass is 168 g/mol. The molecule has 2 heteroatoms. The first-order valence-corrected chi connectivity index (χ1v) is 5.27. The van der Waals surface area contributed by atoms with Crippen molar-refractivity contribution < 1.29 is 0 Å². The van der Waals surface area contributed by atoms with Crippen LogP contribution in [0.4, 0.5) is 0 Å². The lowest BCUT2D eigenvalue weighted by Crippen LogP contribution is -2.53. The van der Waals surface area contributed by atoms with Crippen LogP contribution in [-0.2, 0) is 0 Å². The van der Waals surface area contributed by atoms with Gasteiger partial charge >= 0.3 is 0 Å². The van der Waals surface area contributed by atoms with Gasteiger partial charge in [-0.1, -0.05) is 12.8 Å². The van der Waals surface area contributed by atoms with Crippen molar-refractivity contribution in [2.24, 2.45) is 0 Å². The molecule has 1 saturated heterocycles. The number of hydrogen-bond acceptors (Lipinski definition) is 2. The Kier molecular flexibility index (Phi) is 2.37. The van der Waals surface area contributed by atoms with Crippen molar-refractivity contribution >= 4 is 0 Å². The van der Waals surface area contributed by atoms with Crippen LogP contribution in [0.5, 0.6) is 0 Å². The Hall–Kier alpha value is -0.0800. The van der Waals surface area contributed by atoms with E-state index in [0.29, 0.717) is 5.54 Å². The van der Waals surface area contributed by atoms with Crippen LogP contribution in [0.25, 0.3) is 0 Å². The summed E-state index contributed by atoms with van der Waals surface area (Å²) in [6, 6.07) is 0. The number of nitrogens with one attached hydrogen (secondary N) is 1. The molecule has 0 aromatic heterocycles. The molecule has 2 fully saturated rings. The number of hydrogen-bond donors (Lipinski definition) is 1. The van der Waals surface area contributed by atoms with Crippen molar-refractivity contribution in [3.8, 4) is 0 Å². The van der Waals surface area contributed by atoms with E-state index in [4.69, 9.17) is 0 Å². The van der Waals surface area contributed by atoms with Crippen LogP contribution in [0.15, 0.2) is 0 Å². The van der Waals surface area contributed by atoms with Gasteiger partial charge < -0.3 is 5.32 Å². The third-order valence-electron chi connectivity index (χ3n) is 3.56. The minimum atomic E-state index is 0.558. The van der Waals surface area contributed by atoms with Gasteiger partial charge in [0.15, 0.2) is 0 Å². The zero-order chi connectivity index (χ0) is 8.44. The molecule has 0 amide bonds. The summed E-state index contributed by atoms with van der Waals surface area (Å²) in [5.41, 5.74) is 0.558. The Bertz CT molecular complexity index is 144. The summed E-state index contributed by atoms with van der Waals surface area (Å²) >= 11 is 0. The van der Waals surface area contributed by atoms with Gasteiger partial charge in [-0.25, -0.2) is 0 Å². The molecule has 0 atom stereocenters. The summed E-state index contributed by atoms with van der Waals surface area (Å²) in [7, 11) is 0. The molecule has 1 aliphatic heterocycles. The van der Waals surface area contributed by atoms with Crippen LogP contribution in [0, 0.1) is 0 Å². The second kappa shape index (κ2) is 3.35. The Labute approximate surface area is 75.3 Å². The smallest absolute Gasteiger partial charge is 0.0182 e. The second-order valence-corrected chi connectivity index (χ2v) is 4.44. The Morgan fingerprint density at radius 1 is 1.08 bits per heavy atom. The predicted molar refractivity (Wildman–Crippen MR) is 51.3 cm³/mol. The van der Waals surface area contributed by atoms with E-state index >= 15 is 0 Å². The van der Waals surface area contributed by atoms with Gasteiger partial charge in [0.25, 0.3) is 0 Å². The first kappa shape index (κ1) is 8.52. The van der Waals surface area contributed by atoms with Crippen LogP contribution >= 0.6 is 0 Å². The molecule has 2 nitrogen and oxygen atoms in total. The molecule has 0 aromatic rings. The highest BCUT2D eigenvalue weighted by Crippen LogP contribution is 2.34. The maximum absolute atomic E-state index is 3.41. The Morgan fingerprint density at radius 2 is 1.67 bits per heavy atom. The number of nitrogens with zero attached hydrogens (tertiary/aromatic N) is 1. The molecule has 0 bridgehead atoms. The van der Waals surface area contributed by atoms with E-state index in [1.165, 1.54) is 51.9 Å². The van der Waals surface area contributed by atoms with Gasteiger partial charge in [0.1, 0.15) is 0 Å². The molecule has 1 N–H and O–H groups in total. The Morgan fingerprint density at radius 3 is 2.25 bits per heavy atom. The third kappa shape index (κ3) is 1.50. The molecule has 0 spiro atoms. The first-order valence-electron chi connectivity index (χ1n) is 5.27. The van der Waals surface area contributed by atoms with Crippen molar-refractivity contribution in [1.29, 1.82) is 0 Å². The van der Waals surface area contributed by atoms with Crippen LogP contribution in [0.3, 0.4) is 0 Å². The highest BCUT2D eigenvalue weighted by Gasteiger charge is 2.34. The fourth-order valence-electron chi connectivity index (χ4n) is 2.66. The lowest BCUT2D eigenvalue weighted by molar-refractivity contribution is 0.0936. The maximum atomic E-state index is 3.41. The van der Waals surface area contributed by atoms with E-state index in [9.17, 15) is 0 Å². The SMILES string of the molecule is CC1(N2CCNCC2)CCCC1. The molecule has 12 heavy (non-hydrogen) atoms. The van der Waals surface area contributed by atoms with Gasteiger partial charge in [-0.15, -0.1) is 0 Å². The molecule has 1 aliphatic carbocycles. The summed E-state index contributed by atoms with van der Waals surface area (Å²) < 4.78 is 0. The fraction of sp³-hybridized carbons (Fsp3) is 1.00. The standard InChI is InChI=1S/C10H20N2/c1-10(4-2-3-5-10)12-8-6-11-7-9-12/h11H,2-9H2,1H3. The maximum Gasteiger partial charge on any atom is 0.0182 e. The average molecular weight is 168 g/mol. The number of rotatable bonds is 1. The van der Waals surface area contributed by atoms with Crippen molar-refractivity contribution in [3.05, 3.63) is 0 Å². The van der Waals surface area contributed by atoms with Crippen molar-refractivity contribution in [3.63, 3.8) is 0 Å². The van der Waals surface area contributed by atoms with E-state index in [0.717, 1.165) is 0 Å². The predicted octanol–water partition coefficient (Wildman–Crippen LogP) is 1.22. The van der Waals surface area contributed by atoms with Gasteiger partial charge in [0.2, 0.25) is 0 Å². The van der Waals surface area contributed by atoms with E-state index in [1.807, 2.05) is 0 Å². The van der Waals surface area contributed by atoms with E-state index in [1.54, 1.807) is 0 Å². The van der Waals surface area contributed by atoms with Crippen LogP contribution in [0.1, 0.15) is 32.6 Å². The quantitative estimate of drug-likeness (QED) is 0.633. The lowest BCUT2D eigenvalue weighted by atomic mass is 9.97. The molecule has 70 valence electrons. The minimum Gasteiger partial charge on any atom is -0.314 e. The lowest BCUT2D eigenvalue weighted by Gasteiger charge is -2.41. The average Bonchev–Trinajstić information content (AvgIpc) is 2.55. The Balaban J connectivity index is 1.96.